The number of nitrogens with one attached hydrogen (secondary N) is 1. The van der Waals surface area contributed by atoms with Crippen LogP contribution in [0.4, 0.5) is 0 Å². The maximum atomic E-state index is 12.3. The minimum atomic E-state index is 0.151. The molecule has 0 aromatic heterocycles. The Bertz CT molecular complexity index is 378. The molecule has 2 saturated heterocycles. The molecule has 5 rings (SSSR count). The van der Waals surface area contributed by atoms with Crippen molar-refractivity contribution in [1.29, 1.82) is 0 Å². The Morgan fingerprint density at radius 2 is 2.00 bits per heavy atom. The average Bonchev–Trinajstić information content (AvgIpc) is 2.40. The first-order chi connectivity index (χ1) is 8.34. The molecule has 1 saturated carbocycles. The summed E-state index contributed by atoms with van der Waals surface area (Å²) in [6.07, 6.45) is 12.2. The largest absolute Gasteiger partial charge is 0.350 e. The summed E-state index contributed by atoms with van der Waals surface area (Å²) in [5.41, 5.74) is 0. The monoisotopic (exact) mass is 232 g/mol. The summed E-state index contributed by atoms with van der Waals surface area (Å²) in [5, 5.41) is 3.29. The van der Waals surface area contributed by atoms with E-state index in [1.807, 2.05) is 0 Å². The molecule has 3 heteroatoms. The van der Waals surface area contributed by atoms with E-state index in [-0.39, 0.29) is 6.04 Å². The number of hydrogen-bond acceptors (Lipinski definition) is 2. The van der Waals surface area contributed by atoms with Gasteiger partial charge in [0.25, 0.3) is 0 Å². The smallest absolute Gasteiger partial charge is 0.238 e. The lowest BCUT2D eigenvalue weighted by Gasteiger charge is -2.56. The summed E-state index contributed by atoms with van der Waals surface area (Å²) in [7, 11) is 0. The minimum Gasteiger partial charge on any atom is -0.350 e. The first-order valence-electron chi connectivity index (χ1n) is 7.11. The number of carbonyl (C=O) groups is 1. The lowest BCUT2D eigenvalue weighted by Crippen LogP contribution is -2.72. The van der Waals surface area contributed by atoms with Gasteiger partial charge < -0.3 is 5.32 Å². The highest BCUT2D eigenvalue weighted by atomic mass is 16.2. The molecule has 0 unspecified atom stereocenters. The van der Waals surface area contributed by atoms with Crippen molar-refractivity contribution in [3.63, 3.8) is 0 Å². The second-order valence-electron chi connectivity index (χ2n) is 6.05. The maximum Gasteiger partial charge on any atom is 0.238 e. The highest BCUT2D eigenvalue weighted by Gasteiger charge is 2.51. The van der Waals surface area contributed by atoms with E-state index in [2.05, 4.69) is 22.4 Å². The van der Waals surface area contributed by atoms with Gasteiger partial charge in [0.1, 0.15) is 0 Å². The number of piperazine rings is 1. The number of fused-ring (bicyclic) bond motifs is 2. The number of hydrogen-bond donors (Lipinski definition) is 1. The predicted octanol–water partition coefficient (Wildman–Crippen LogP) is 1.45. The molecule has 1 N–H and O–H groups in total. The van der Waals surface area contributed by atoms with E-state index in [1.165, 1.54) is 38.5 Å². The second kappa shape index (κ2) is 3.58. The summed E-state index contributed by atoms with van der Waals surface area (Å²) < 4.78 is 0. The molecule has 0 aromatic rings. The van der Waals surface area contributed by atoms with E-state index in [0.29, 0.717) is 30.0 Å². The highest BCUT2D eigenvalue weighted by Crippen LogP contribution is 2.41. The van der Waals surface area contributed by atoms with Crippen molar-refractivity contribution in [3.8, 4) is 0 Å². The van der Waals surface area contributed by atoms with E-state index in [4.69, 9.17) is 0 Å². The molecule has 17 heavy (non-hydrogen) atoms. The number of nitrogens with zero attached hydrogens (tertiary/aromatic N) is 1. The molecule has 0 aromatic carbocycles. The van der Waals surface area contributed by atoms with Crippen LogP contribution in [0.15, 0.2) is 12.2 Å². The van der Waals surface area contributed by atoms with Crippen molar-refractivity contribution in [2.75, 3.05) is 0 Å². The fraction of sp³-hybridized carbons (Fsp3) is 0.786. The second-order valence-corrected chi connectivity index (χ2v) is 6.05. The first kappa shape index (κ1) is 10.1. The summed E-state index contributed by atoms with van der Waals surface area (Å²) in [4.78, 5) is 14.9. The highest BCUT2D eigenvalue weighted by molar-refractivity contribution is 5.84. The lowest BCUT2D eigenvalue weighted by molar-refractivity contribution is -0.142. The molecule has 0 radical (unpaired) electrons. The van der Waals surface area contributed by atoms with Crippen molar-refractivity contribution >= 4 is 5.91 Å². The Kier molecular flexibility index (Phi) is 2.13. The van der Waals surface area contributed by atoms with Crippen molar-refractivity contribution < 1.29 is 4.79 Å². The third-order valence-electron chi connectivity index (χ3n) is 5.19. The van der Waals surface area contributed by atoms with Gasteiger partial charge in [0, 0.05) is 24.0 Å². The van der Waals surface area contributed by atoms with E-state index in [0.717, 1.165) is 0 Å². The molecule has 5 atom stereocenters. The third-order valence-corrected chi connectivity index (χ3v) is 5.19. The Morgan fingerprint density at radius 1 is 1.12 bits per heavy atom. The molecule has 0 spiro atoms. The molecule has 3 aliphatic heterocycles. The van der Waals surface area contributed by atoms with Crippen LogP contribution in [-0.4, -0.2) is 35.0 Å². The Balaban J connectivity index is 1.72. The molecular formula is C14H20N2O. The Morgan fingerprint density at radius 3 is 2.82 bits per heavy atom. The topological polar surface area (TPSA) is 32.3 Å². The molecule has 2 aliphatic carbocycles. The van der Waals surface area contributed by atoms with Gasteiger partial charge in [-0.25, -0.2) is 0 Å². The van der Waals surface area contributed by atoms with Crippen LogP contribution in [0, 0.1) is 5.92 Å². The molecule has 3 nitrogen and oxygen atoms in total. The standard InChI is InChI=1S/C14H20N2O/c17-14-13-9-5-7-10(8-6-9)16(13)12-4-2-1-3-11(12)15-14/h5,7,9-13H,1-4,6,8H2,(H,15,17)/t9-,10+,11+,12+,13+/m0/s1. The molecule has 3 fully saturated rings. The van der Waals surface area contributed by atoms with E-state index in [9.17, 15) is 4.79 Å². The van der Waals surface area contributed by atoms with Gasteiger partial charge in [-0.15, -0.1) is 0 Å². The third kappa shape index (κ3) is 1.35. The van der Waals surface area contributed by atoms with Crippen molar-refractivity contribution in [3.05, 3.63) is 12.2 Å². The summed E-state index contributed by atoms with van der Waals surface area (Å²) in [5.74, 6) is 0.773. The van der Waals surface area contributed by atoms with E-state index >= 15 is 0 Å². The summed E-state index contributed by atoms with van der Waals surface area (Å²) in [6, 6.07) is 1.74. The van der Waals surface area contributed by atoms with Gasteiger partial charge in [0.15, 0.2) is 0 Å². The molecule has 5 aliphatic rings. The number of piperidine rings is 1. The van der Waals surface area contributed by atoms with Crippen molar-refractivity contribution in [2.24, 2.45) is 5.92 Å². The van der Waals surface area contributed by atoms with Crippen LogP contribution in [0.25, 0.3) is 0 Å². The quantitative estimate of drug-likeness (QED) is 0.641. The summed E-state index contributed by atoms with van der Waals surface area (Å²) in [6.45, 7) is 0. The molecule has 1 amide bonds. The van der Waals surface area contributed by atoms with Crippen LogP contribution in [-0.2, 0) is 4.79 Å². The van der Waals surface area contributed by atoms with Crippen LogP contribution in [0.3, 0.4) is 0 Å². The van der Waals surface area contributed by atoms with Gasteiger partial charge in [0.2, 0.25) is 5.91 Å². The molecule has 92 valence electrons. The molecule has 2 bridgehead atoms. The van der Waals surface area contributed by atoms with Crippen LogP contribution < -0.4 is 5.32 Å². The number of carbonyl (C=O) groups excluding carboxylic acids is 1. The fourth-order valence-corrected chi connectivity index (χ4v) is 4.45. The van der Waals surface area contributed by atoms with Crippen LogP contribution in [0.1, 0.15) is 38.5 Å². The lowest BCUT2D eigenvalue weighted by atomic mass is 9.74. The van der Waals surface area contributed by atoms with Crippen molar-refractivity contribution in [2.45, 2.75) is 62.7 Å². The van der Waals surface area contributed by atoms with Gasteiger partial charge in [-0.2, -0.15) is 0 Å². The van der Waals surface area contributed by atoms with Gasteiger partial charge >= 0.3 is 0 Å². The number of rotatable bonds is 0. The normalized spacial score (nSPS) is 48.5. The van der Waals surface area contributed by atoms with Crippen LogP contribution in [0.2, 0.25) is 0 Å². The van der Waals surface area contributed by atoms with E-state index < -0.39 is 0 Å². The zero-order valence-electron chi connectivity index (χ0n) is 10.1. The van der Waals surface area contributed by atoms with Crippen molar-refractivity contribution in [1.82, 2.24) is 10.2 Å². The predicted molar refractivity (Wildman–Crippen MR) is 65.5 cm³/mol. The van der Waals surface area contributed by atoms with Crippen LogP contribution in [0.5, 0.6) is 0 Å². The number of amides is 1. The average molecular weight is 232 g/mol. The molecular weight excluding hydrogens is 212 g/mol. The minimum absolute atomic E-state index is 0.151. The zero-order chi connectivity index (χ0) is 11.4. The van der Waals surface area contributed by atoms with Gasteiger partial charge in [-0.05, 0) is 25.7 Å². The SMILES string of the molecule is O=C1N[C@@H]2CCCC[C@H]2N2[C@@H]3C=C[C@@H](CC3)[C@H]12. The van der Waals surface area contributed by atoms with Gasteiger partial charge in [-0.3, -0.25) is 9.69 Å². The first-order valence-corrected chi connectivity index (χ1v) is 7.11. The Hall–Kier alpha value is -0.830. The fourth-order valence-electron chi connectivity index (χ4n) is 4.45. The van der Waals surface area contributed by atoms with Gasteiger partial charge in [0.05, 0.1) is 6.04 Å². The summed E-state index contributed by atoms with van der Waals surface area (Å²) >= 11 is 0. The van der Waals surface area contributed by atoms with Crippen LogP contribution >= 0.6 is 0 Å². The van der Waals surface area contributed by atoms with Gasteiger partial charge in [-0.1, -0.05) is 25.0 Å². The Labute approximate surface area is 102 Å². The molecule has 3 heterocycles. The maximum absolute atomic E-state index is 12.3. The zero-order valence-corrected chi connectivity index (χ0v) is 10.1. The van der Waals surface area contributed by atoms with E-state index in [1.54, 1.807) is 0 Å².